The molecule has 0 aromatic carbocycles. The Balaban J connectivity index is 2.30. The summed E-state index contributed by atoms with van der Waals surface area (Å²) in [6, 6.07) is 0. The van der Waals surface area contributed by atoms with Gasteiger partial charge in [0.25, 0.3) is 0 Å². The molecule has 0 spiro atoms. The van der Waals surface area contributed by atoms with Crippen molar-refractivity contribution in [3.8, 4) is 0 Å². The smallest absolute Gasteiger partial charge is 0.338 e. The maximum Gasteiger partial charge on any atom is 0.338 e. The van der Waals surface area contributed by atoms with Crippen molar-refractivity contribution >= 4 is 11.9 Å². The Morgan fingerprint density at radius 3 is 1.73 bits per heavy atom. The molecule has 0 N–H and O–H groups in total. The van der Waals surface area contributed by atoms with Crippen LogP contribution in [-0.2, 0) is 28.5 Å². The van der Waals surface area contributed by atoms with Crippen molar-refractivity contribution in [3.63, 3.8) is 0 Å². The molecule has 6 heteroatoms. The topological polar surface area (TPSA) is 71.1 Å². The van der Waals surface area contributed by atoms with Crippen molar-refractivity contribution in [3.05, 3.63) is 0 Å². The molecule has 2 atom stereocenters. The monoisotopic (exact) mass is 316 g/mol. The predicted molar refractivity (Wildman–Crippen MR) is 80.2 cm³/mol. The van der Waals surface area contributed by atoms with Crippen LogP contribution in [0.2, 0.25) is 0 Å². The summed E-state index contributed by atoms with van der Waals surface area (Å²) in [6.45, 7) is 2.20. The second-order valence-electron chi connectivity index (χ2n) is 5.50. The first kappa shape index (κ1) is 18.9. The maximum atomic E-state index is 11.6. The summed E-state index contributed by atoms with van der Waals surface area (Å²) in [5.41, 5.74) is 0. The summed E-state index contributed by atoms with van der Waals surface area (Å²) in [5.74, 6) is -1.23. The van der Waals surface area contributed by atoms with Crippen LogP contribution in [0.4, 0.5) is 0 Å². The number of rotatable bonds is 10. The van der Waals surface area contributed by atoms with Crippen LogP contribution in [-0.4, -0.2) is 44.7 Å². The van der Waals surface area contributed by atoms with Crippen LogP contribution in [0.15, 0.2) is 0 Å². The van der Waals surface area contributed by atoms with E-state index in [0.717, 1.165) is 12.8 Å². The van der Waals surface area contributed by atoms with E-state index in [1.165, 1.54) is 46.3 Å². The summed E-state index contributed by atoms with van der Waals surface area (Å²) >= 11 is 0. The Morgan fingerprint density at radius 2 is 1.27 bits per heavy atom. The molecule has 1 heterocycles. The normalized spacial score (nSPS) is 21.8. The molecule has 22 heavy (non-hydrogen) atoms. The van der Waals surface area contributed by atoms with Crippen molar-refractivity contribution in [1.29, 1.82) is 0 Å². The van der Waals surface area contributed by atoms with Gasteiger partial charge in [-0.05, 0) is 12.8 Å². The number of esters is 2. The summed E-state index contributed by atoms with van der Waals surface area (Å²) in [6.07, 6.45) is 6.32. The molecule has 0 amide bonds. The molecule has 0 radical (unpaired) electrons. The molecular weight excluding hydrogens is 288 g/mol. The first-order valence-corrected chi connectivity index (χ1v) is 8.10. The summed E-state index contributed by atoms with van der Waals surface area (Å²) in [7, 11) is 2.51. The molecule has 1 fully saturated rings. The summed E-state index contributed by atoms with van der Waals surface area (Å²) in [5, 5.41) is 0. The Hall–Kier alpha value is -1.14. The van der Waals surface area contributed by atoms with E-state index >= 15 is 0 Å². The van der Waals surface area contributed by atoms with E-state index in [2.05, 4.69) is 16.4 Å². The highest BCUT2D eigenvalue weighted by Crippen LogP contribution is 2.25. The standard InChI is InChI=1S/C16H28O6/c1-4-5-6-7-8-9-10-11-12-21-13(15(17)19-2)14(22-12)16(18)20-3/h12-14H,4-11H2,1-3H3/t13-,14-/m1/s1. The minimum Gasteiger partial charge on any atom is -0.467 e. The number of ether oxygens (including phenoxy) is 4. The number of carbonyl (C=O) groups is 2. The van der Waals surface area contributed by atoms with Gasteiger partial charge < -0.3 is 18.9 Å². The minimum atomic E-state index is -1.04. The molecule has 1 saturated heterocycles. The zero-order valence-electron chi connectivity index (χ0n) is 13.8. The third kappa shape index (κ3) is 5.93. The highest BCUT2D eigenvalue weighted by atomic mass is 16.8. The van der Waals surface area contributed by atoms with Gasteiger partial charge in [0.15, 0.2) is 18.5 Å². The first-order chi connectivity index (χ1) is 10.6. The van der Waals surface area contributed by atoms with Gasteiger partial charge in [-0.15, -0.1) is 0 Å². The number of carbonyl (C=O) groups excluding carboxylic acids is 2. The van der Waals surface area contributed by atoms with Gasteiger partial charge in [-0.25, -0.2) is 9.59 Å². The molecule has 128 valence electrons. The Bertz CT molecular complexity index is 320. The molecule has 0 saturated carbocycles. The number of unbranched alkanes of at least 4 members (excludes halogenated alkanes) is 6. The minimum absolute atomic E-state index is 0.552. The first-order valence-electron chi connectivity index (χ1n) is 8.10. The van der Waals surface area contributed by atoms with Gasteiger partial charge in [-0.2, -0.15) is 0 Å². The Morgan fingerprint density at radius 1 is 0.818 bits per heavy atom. The van der Waals surface area contributed by atoms with Gasteiger partial charge in [0.05, 0.1) is 14.2 Å². The zero-order chi connectivity index (χ0) is 16.4. The van der Waals surface area contributed by atoms with Gasteiger partial charge in [-0.1, -0.05) is 45.4 Å². The van der Waals surface area contributed by atoms with Crippen LogP contribution < -0.4 is 0 Å². The van der Waals surface area contributed by atoms with Crippen molar-refractivity contribution in [2.24, 2.45) is 0 Å². The number of methoxy groups -OCH3 is 2. The summed E-state index contributed by atoms with van der Waals surface area (Å²) < 4.78 is 20.3. The van der Waals surface area contributed by atoms with Gasteiger partial charge in [0, 0.05) is 0 Å². The lowest BCUT2D eigenvalue weighted by atomic mass is 10.1. The van der Waals surface area contributed by atoms with Crippen molar-refractivity contribution in [2.75, 3.05) is 14.2 Å². The molecule has 0 bridgehead atoms. The lowest BCUT2D eigenvalue weighted by Gasteiger charge is -2.11. The van der Waals surface area contributed by atoms with Crippen molar-refractivity contribution in [1.82, 2.24) is 0 Å². The molecule has 0 aromatic rings. The molecule has 1 rings (SSSR count). The quantitative estimate of drug-likeness (QED) is 0.456. The fraction of sp³-hybridized carbons (Fsp3) is 0.875. The van der Waals surface area contributed by atoms with E-state index in [-0.39, 0.29) is 0 Å². The lowest BCUT2D eigenvalue weighted by molar-refractivity contribution is -0.160. The zero-order valence-corrected chi connectivity index (χ0v) is 13.8. The SMILES string of the molecule is CCCCCCCCCC1O[C@@H](C(=O)OC)[C@H](C(=O)OC)O1. The van der Waals surface area contributed by atoms with Gasteiger partial charge in [0.1, 0.15) is 0 Å². The molecule has 1 aliphatic heterocycles. The third-order valence-electron chi connectivity index (χ3n) is 3.78. The molecule has 0 aromatic heterocycles. The van der Waals surface area contributed by atoms with Crippen molar-refractivity contribution < 1.29 is 28.5 Å². The molecule has 0 unspecified atom stereocenters. The highest BCUT2D eigenvalue weighted by molar-refractivity contribution is 5.86. The van der Waals surface area contributed by atoms with Crippen LogP contribution in [0.1, 0.15) is 58.3 Å². The van der Waals surface area contributed by atoms with E-state index in [4.69, 9.17) is 9.47 Å². The molecule has 0 aliphatic carbocycles. The third-order valence-corrected chi connectivity index (χ3v) is 3.78. The van der Waals surface area contributed by atoms with Crippen LogP contribution in [0.25, 0.3) is 0 Å². The average molecular weight is 316 g/mol. The van der Waals surface area contributed by atoms with Crippen LogP contribution >= 0.6 is 0 Å². The van der Waals surface area contributed by atoms with E-state index in [0.29, 0.717) is 6.42 Å². The van der Waals surface area contributed by atoms with E-state index in [1.807, 2.05) is 0 Å². The largest absolute Gasteiger partial charge is 0.467 e. The van der Waals surface area contributed by atoms with Crippen LogP contribution in [0, 0.1) is 0 Å². The highest BCUT2D eigenvalue weighted by Gasteiger charge is 2.46. The van der Waals surface area contributed by atoms with Crippen LogP contribution in [0.5, 0.6) is 0 Å². The van der Waals surface area contributed by atoms with Gasteiger partial charge in [-0.3, -0.25) is 0 Å². The van der Waals surface area contributed by atoms with E-state index in [9.17, 15) is 9.59 Å². The second kappa shape index (κ2) is 10.6. The predicted octanol–water partition coefficient (Wildman–Crippen LogP) is 2.58. The van der Waals surface area contributed by atoms with Crippen molar-refractivity contribution in [2.45, 2.75) is 76.8 Å². The van der Waals surface area contributed by atoms with E-state index < -0.39 is 30.4 Å². The molecule has 6 nitrogen and oxygen atoms in total. The Labute approximate surface area is 132 Å². The molecular formula is C16H28O6. The second-order valence-corrected chi connectivity index (χ2v) is 5.50. The molecule has 1 aliphatic rings. The van der Waals surface area contributed by atoms with E-state index in [1.54, 1.807) is 0 Å². The van der Waals surface area contributed by atoms with Crippen LogP contribution in [0.3, 0.4) is 0 Å². The number of hydrogen-bond donors (Lipinski definition) is 0. The lowest BCUT2D eigenvalue weighted by Crippen LogP contribution is -2.38. The van der Waals surface area contributed by atoms with Gasteiger partial charge >= 0.3 is 11.9 Å². The van der Waals surface area contributed by atoms with Gasteiger partial charge in [0.2, 0.25) is 0 Å². The summed E-state index contributed by atoms with van der Waals surface area (Å²) in [4.78, 5) is 23.3. The Kier molecular flexibility index (Phi) is 9.08. The number of hydrogen-bond acceptors (Lipinski definition) is 6. The fourth-order valence-electron chi connectivity index (χ4n) is 2.50. The maximum absolute atomic E-state index is 11.6. The fourth-order valence-corrected chi connectivity index (χ4v) is 2.50. The average Bonchev–Trinajstić information content (AvgIpc) is 2.96.